The van der Waals surface area contributed by atoms with E-state index in [-0.39, 0.29) is 12.0 Å². The average molecular weight is 283 g/mol. The van der Waals surface area contributed by atoms with Crippen LogP contribution in [-0.2, 0) is 5.88 Å². The van der Waals surface area contributed by atoms with Gasteiger partial charge in [-0.1, -0.05) is 5.16 Å². The van der Waals surface area contributed by atoms with Crippen molar-refractivity contribution in [2.75, 3.05) is 7.11 Å². The number of ether oxygens (including phenoxy) is 2. The van der Waals surface area contributed by atoms with Gasteiger partial charge in [0.2, 0.25) is 11.7 Å². The normalized spacial score (nSPS) is 10.8. The van der Waals surface area contributed by atoms with E-state index in [0.717, 1.165) is 5.56 Å². The molecule has 0 saturated carbocycles. The summed E-state index contributed by atoms with van der Waals surface area (Å²) in [6.07, 6.45) is 0.0766. The van der Waals surface area contributed by atoms with E-state index in [1.54, 1.807) is 13.2 Å². The van der Waals surface area contributed by atoms with E-state index in [1.807, 2.05) is 26.0 Å². The van der Waals surface area contributed by atoms with Crippen molar-refractivity contribution >= 4 is 11.6 Å². The fraction of sp³-hybridized carbons (Fsp3) is 0.385. The average Bonchev–Trinajstić information content (AvgIpc) is 2.87. The third-order valence-electron chi connectivity index (χ3n) is 2.37. The minimum atomic E-state index is 0.0766. The molecule has 0 unspecified atom stereocenters. The molecule has 1 aromatic heterocycles. The van der Waals surface area contributed by atoms with E-state index in [1.165, 1.54) is 0 Å². The minimum Gasteiger partial charge on any atom is -0.493 e. The van der Waals surface area contributed by atoms with Crippen molar-refractivity contribution in [3.63, 3.8) is 0 Å². The molecular weight excluding hydrogens is 268 g/mol. The van der Waals surface area contributed by atoms with Crippen LogP contribution in [0.5, 0.6) is 11.5 Å². The molecule has 1 aromatic carbocycles. The van der Waals surface area contributed by atoms with Crippen LogP contribution in [0.1, 0.15) is 19.7 Å². The monoisotopic (exact) mass is 282 g/mol. The standard InChI is InChI=1S/C13H15ClN2O3/c1-8(2)18-10-5-4-9(6-11(10)17-3)13-15-12(7-14)19-16-13/h4-6,8H,7H2,1-3H3. The highest BCUT2D eigenvalue weighted by Gasteiger charge is 2.12. The molecule has 5 nitrogen and oxygen atoms in total. The molecule has 6 heteroatoms. The third-order valence-corrected chi connectivity index (χ3v) is 2.60. The second kappa shape index (κ2) is 5.93. The van der Waals surface area contributed by atoms with Crippen molar-refractivity contribution in [2.45, 2.75) is 25.8 Å². The molecule has 0 aliphatic carbocycles. The van der Waals surface area contributed by atoms with E-state index in [9.17, 15) is 0 Å². The number of benzene rings is 1. The minimum absolute atomic E-state index is 0.0766. The first-order chi connectivity index (χ1) is 9.13. The molecule has 2 rings (SSSR count). The number of nitrogens with zero attached hydrogens (tertiary/aromatic N) is 2. The summed E-state index contributed by atoms with van der Waals surface area (Å²) in [6.45, 7) is 3.92. The Morgan fingerprint density at radius 3 is 2.68 bits per heavy atom. The Morgan fingerprint density at radius 2 is 2.11 bits per heavy atom. The molecule has 19 heavy (non-hydrogen) atoms. The topological polar surface area (TPSA) is 57.4 Å². The second-order valence-corrected chi connectivity index (χ2v) is 4.44. The second-order valence-electron chi connectivity index (χ2n) is 4.18. The zero-order chi connectivity index (χ0) is 13.8. The van der Waals surface area contributed by atoms with Crippen LogP contribution >= 0.6 is 11.6 Å². The summed E-state index contributed by atoms with van der Waals surface area (Å²) >= 11 is 5.63. The molecule has 102 valence electrons. The predicted molar refractivity (Wildman–Crippen MR) is 71.6 cm³/mol. The largest absolute Gasteiger partial charge is 0.493 e. The number of hydrogen-bond acceptors (Lipinski definition) is 5. The molecule has 1 heterocycles. The molecule has 0 atom stereocenters. The summed E-state index contributed by atoms with van der Waals surface area (Å²) in [7, 11) is 1.59. The number of aromatic nitrogens is 2. The van der Waals surface area contributed by atoms with Crippen LogP contribution in [-0.4, -0.2) is 23.4 Å². The molecule has 0 spiro atoms. The molecule has 2 aromatic rings. The Hall–Kier alpha value is -1.75. The Labute approximate surface area is 116 Å². The van der Waals surface area contributed by atoms with Gasteiger partial charge in [0.05, 0.1) is 13.2 Å². The van der Waals surface area contributed by atoms with Gasteiger partial charge in [0.1, 0.15) is 5.88 Å². The SMILES string of the molecule is COc1cc(-c2noc(CCl)n2)ccc1OC(C)C. The van der Waals surface area contributed by atoms with Crippen molar-refractivity contribution in [1.29, 1.82) is 0 Å². The molecule has 0 N–H and O–H groups in total. The Bertz CT molecular complexity index is 555. The van der Waals surface area contributed by atoms with Crippen LogP contribution in [0.3, 0.4) is 0 Å². The van der Waals surface area contributed by atoms with Crippen molar-refractivity contribution in [3.05, 3.63) is 24.1 Å². The van der Waals surface area contributed by atoms with Gasteiger partial charge in [-0.3, -0.25) is 0 Å². The first kappa shape index (κ1) is 13.7. The summed E-state index contributed by atoms with van der Waals surface area (Å²) < 4.78 is 15.9. The zero-order valence-corrected chi connectivity index (χ0v) is 11.8. The lowest BCUT2D eigenvalue weighted by atomic mass is 10.2. The first-order valence-electron chi connectivity index (χ1n) is 5.87. The number of rotatable bonds is 5. The summed E-state index contributed by atoms with van der Waals surface area (Å²) in [5.74, 6) is 2.37. The lowest BCUT2D eigenvalue weighted by molar-refractivity contribution is 0.230. The van der Waals surface area contributed by atoms with Gasteiger partial charge < -0.3 is 14.0 Å². The van der Waals surface area contributed by atoms with Crippen LogP contribution in [0.15, 0.2) is 22.7 Å². The van der Waals surface area contributed by atoms with Crippen LogP contribution in [0, 0.1) is 0 Å². The van der Waals surface area contributed by atoms with Crippen LogP contribution in [0.4, 0.5) is 0 Å². The fourth-order valence-corrected chi connectivity index (χ4v) is 1.69. The van der Waals surface area contributed by atoms with E-state index in [4.69, 9.17) is 25.6 Å². The molecule has 0 aliphatic rings. The van der Waals surface area contributed by atoms with E-state index >= 15 is 0 Å². The van der Waals surface area contributed by atoms with Gasteiger partial charge in [0, 0.05) is 5.56 Å². The van der Waals surface area contributed by atoms with Gasteiger partial charge in [0.15, 0.2) is 11.5 Å². The van der Waals surface area contributed by atoms with Crippen molar-refractivity contribution in [2.24, 2.45) is 0 Å². The zero-order valence-electron chi connectivity index (χ0n) is 11.0. The van der Waals surface area contributed by atoms with Gasteiger partial charge in [-0.25, -0.2) is 0 Å². The molecule has 0 fully saturated rings. The van der Waals surface area contributed by atoms with E-state index in [2.05, 4.69) is 10.1 Å². The molecule has 0 bridgehead atoms. The molecule has 0 aliphatic heterocycles. The lowest BCUT2D eigenvalue weighted by Crippen LogP contribution is -2.06. The third kappa shape index (κ3) is 3.17. The van der Waals surface area contributed by atoms with Gasteiger partial charge in [-0.2, -0.15) is 4.98 Å². The number of hydrogen-bond donors (Lipinski definition) is 0. The number of alkyl halides is 1. The molecule has 0 saturated heterocycles. The smallest absolute Gasteiger partial charge is 0.241 e. The highest BCUT2D eigenvalue weighted by molar-refractivity contribution is 6.16. The van der Waals surface area contributed by atoms with E-state index in [0.29, 0.717) is 23.2 Å². The van der Waals surface area contributed by atoms with Gasteiger partial charge in [0.25, 0.3) is 0 Å². The van der Waals surface area contributed by atoms with Crippen molar-refractivity contribution < 1.29 is 14.0 Å². The van der Waals surface area contributed by atoms with Gasteiger partial charge >= 0.3 is 0 Å². The van der Waals surface area contributed by atoms with Crippen LogP contribution in [0.25, 0.3) is 11.4 Å². The van der Waals surface area contributed by atoms with Gasteiger partial charge in [-0.15, -0.1) is 11.6 Å². The molecule has 0 radical (unpaired) electrons. The summed E-state index contributed by atoms with van der Waals surface area (Å²) in [5.41, 5.74) is 0.785. The Kier molecular flexibility index (Phi) is 4.27. The summed E-state index contributed by atoms with van der Waals surface area (Å²) in [4.78, 5) is 4.16. The highest BCUT2D eigenvalue weighted by Crippen LogP contribution is 2.32. The quantitative estimate of drug-likeness (QED) is 0.788. The Balaban J connectivity index is 2.32. The predicted octanol–water partition coefficient (Wildman–Crippen LogP) is 3.27. The lowest BCUT2D eigenvalue weighted by Gasteiger charge is -2.13. The van der Waals surface area contributed by atoms with E-state index < -0.39 is 0 Å². The van der Waals surface area contributed by atoms with Crippen molar-refractivity contribution in [1.82, 2.24) is 10.1 Å². The fourth-order valence-electron chi connectivity index (χ4n) is 1.58. The maximum atomic E-state index is 5.64. The first-order valence-corrected chi connectivity index (χ1v) is 6.41. The molecular formula is C13H15ClN2O3. The van der Waals surface area contributed by atoms with Gasteiger partial charge in [-0.05, 0) is 32.0 Å². The molecule has 0 amide bonds. The van der Waals surface area contributed by atoms with Crippen LogP contribution in [0.2, 0.25) is 0 Å². The van der Waals surface area contributed by atoms with Crippen LogP contribution < -0.4 is 9.47 Å². The maximum absolute atomic E-state index is 5.64. The summed E-state index contributed by atoms with van der Waals surface area (Å²) in [6, 6.07) is 5.48. The number of methoxy groups -OCH3 is 1. The maximum Gasteiger partial charge on any atom is 0.241 e. The van der Waals surface area contributed by atoms with Crippen molar-refractivity contribution in [3.8, 4) is 22.9 Å². The number of halogens is 1. The Morgan fingerprint density at radius 1 is 1.32 bits per heavy atom. The highest BCUT2D eigenvalue weighted by atomic mass is 35.5. The summed E-state index contributed by atoms with van der Waals surface area (Å²) in [5, 5.41) is 3.86.